The summed E-state index contributed by atoms with van der Waals surface area (Å²) < 4.78 is 18.9. The van der Waals surface area contributed by atoms with Crippen LogP contribution in [0.4, 0.5) is 10.1 Å². The second kappa shape index (κ2) is 10.5. The Morgan fingerprint density at radius 2 is 1.81 bits per heavy atom. The number of carbonyl (C=O) groups is 1. The molecule has 0 radical (unpaired) electrons. The first-order valence-corrected chi connectivity index (χ1v) is 10.9. The number of nitrogens with zero attached hydrogens (tertiary/aromatic N) is 2. The summed E-state index contributed by atoms with van der Waals surface area (Å²) in [6.45, 7) is 0.387. The van der Waals surface area contributed by atoms with Crippen LogP contribution in [0.2, 0.25) is 0 Å². The van der Waals surface area contributed by atoms with E-state index in [4.69, 9.17) is 4.74 Å². The lowest BCUT2D eigenvalue weighted by Gasteiger charge is -2.11. The third kappa shape index (κ3) is 5.92. The van der Waals surface area contributed by atoms with Crippen molar-refractivity contribution in [2.75, 3.05) is 5.32 Å². The molecule has 2 aromatic carbocycles. The molecule has 0 saturated heterocycles. The van der Waals surface area contributed by atoms with Crippen molar-refractivity contribution >= 4 is 23.4 Å². The molecule has 0 atom stereocenters. The number of hydrogen-bond donors (Lipinski definition) is 1. The Morgan fingerprint density at radius 1 is 0.969 bits per heavy atom. The number of pyridine rings is 2. The highest BCUT2D eigenvalue weighted by atomic mass is 32.2. The van der Waals surface area contributed by atoms with Crippen LogP contribution in [-0.4, -0.2) is 15.9 Å². The van der Waals surface area contributed by atoms with Gasteiger partial charge < -0.3 is 10.1 Å². The summed E-state index contributed by atoms with van der Waals surface area (Å²) in [7, 11) is 0. The lowest BCUT2D eigenvalue weighted by molar-refractivity contribution is 0.102. The SMILES string of the molecule is O=C(Nc1cccc(OCc2cccnc2)c1)c1cccnc1SCc1ccc(F)cc1. The normalized spacial score (nSPS) is 10.5. The summed E-state index contributed by atoms with van der Waals surface area (Å²) in [5.74, 6) is 0.686. The Bertz CT molecular complexity index is 1190. The van der Waals surface area contributed by atoms with Crippen molar-refractivity contribution in [1.29, 1.82) is 0 Å². The van der Waals surface area contributed by atoms with Gasteiger partial charge in [-0.3, -0.25) is 9.78 Å². The maximum Gasteiger partial charge on any atom is 0.258 e. The molecule has 160 valence electrons. The molecule has 1 N–H and O–H groups in total. The van der Waals surface area contributed by atoms with Crippen LogP contribution in [-0.2, 0) is 12.4 Å². The van der Waals surface area contributed by atoms with Crippen LogP contribution in [0.1, 0.15) is 21.5 Å². The van der Waals surface area contributed by atoms with Crippen molar-refractivity contribution in [3.05, 3.63) is 114 Å². The molecule has 2 heterocycles. The van der Waals surface area contributed by atoms with Crippen LogP contribution < -0.4 is 10.1 Å². The summed E-state index contributed by atoms with van der Waals surface area (Å²) in [6, 6.07) is 20.8. The number of amides is 1. The standard InChI is InChI=1S/C25H20FN3O2S/c26-20-10-8-18(9-11-20)17-32-25-23(7-3-13-28-25)24(30)29-21-5-1-6-22(14-21)31-16-19-4-2-12-27-15-19/h1-15H,16-17H2,(H,29,30). The number of halogens is 1. The zero-order valence-corrected chi connectivity index (χ0v) is 17.9. The van der Waals surface area contributed by atoms with Gasteiger partial charge in [-0.1, -0.05) is 24.3 Å². The molecule has 0 unspecified atom stereocenters. The van der Waals surface area contributed by atoms with E-state index in [0.29, 0.717) is 34.4 Å². The van der Waals surface area contributed by atoms with E-state index in [9.17, 15) is 9.18 Å². The number of carbonyl (C=O) groups excluding carboxylic acids is 1. The molecule has 0 aliphatic heterocycles. The summed E-state index contributed by atoms with van der Waals surface area (Å²) in [4.78, 5) is 21.3. The lowest BCUT2D eigenvalue weighted by atomic mass is 10.2. The number of nitrogens with one attached hydrogen (secondary N) is 1. The van der Waals surface area contributed by atoms with E-state index < -0.39 is 0 Å². The molecule has 0 aliphatic rings. The first kappa shape index (κ1) is 21.5. The summed E-state index contributed by atoms with van der Waals surface area (Å²) in [6.07, 6.45) is 5.11. The van der Waals surface area contributed by atoms with Gasteiger partial charge in [-0.05, 0) is 48.0 Å². The number of thioether (sulfide) groups is 1. The Labute approximate surface area is 189 Å². The number of anilines is 1. The van der Waals surface area contributed by atoms with E-state index in [0.717, 1.165) is 11.1 Å². The Hall–Kier alpha value is -3.71. The second-order valence-electron chi connectivity index (χ2n) is 6.90. The largest absolute Gasteiger partial charge is 0.489 e. The molecule has 0 spiro atoms. The molecule has 0 fully saturated rings. The van der Waals surface area contributed by atoms with Crippen LogP contribution in [0.3, 0.4) is 0 Å². The van der Waals surface area contributed by atoms with Gasteiger partial charge >= 0.3 is 0 Å². The van der Waals surface area contributed by atoms with Gasteiger partial charge in [-0.25, -0.2) is 9.37 Å². The van der Waals surface area contributed by atoms with E-state index in [-0.39, 0.29) is 11.7 Å². The van der Waals surface area contributed by atoms with Gasteiger partial charge in [0, 0.05) is 41.7 Å². The highest BCUT2D eigenvalue weighted by Gasteiger charge is 2.14. The zero-order valence-electron chi connectivity index (χ0n) is 17.1. The first-order valence-electron chi connectivity index (χ1n) is 9.93. The van der Waals surface area contributed by atoms with Gasteiger partial charge in [0.1, 0.15) is 23.2 Å². The average molecular weight is 446 g/mol. The Kier molecular flexibility index (Phi) is 7.09. The number of ether oxygens (including phenoxy) is 1. The molecule has 0 saturated carbocycles. The summed E-state index contributed by atoms with van der Waals surface area (Å²) in [5, 5.41) is 3.52. The molecule has 4 rings (SSSR count). The highest BCUT2D eigenvalue weighted by Crippen LogP contribution is 2.26. The minimum absolute atomic E-state index is 0.260. The van der Waals surface area contributed by atoms with Crippen molar-refractivity contribution < 1.29 is 13.9 Å². The topological polar surface area (TPSA) is 64.1 Å². The molecule has 32 heavy (non-hydrogen) atoms. The van der Waals surface area contributed by atoms with E-state index in [1.165, 1.54) is 23.9 Å². The molecule has 4 aromatic rings. The fourth-order valence-electron chi connectivity index (χ4n) is 2.92. The monoisotopic (exact) mass is 445 g/mol. The summed E-state index contributed by atoms with van der Waals surface area (Å²) in [5.41, 5.74) is 3.00. The number of hydrogen-bond acceptors (Lipinski definition) is 5. The van der Waals surface area contributed by atoms with Crippen molar-refractivity contribution in [3.63, 3.8) is 0 Å². The Morgan fingerprint density at radius 3 is 2.62 bits per heavy atom. The smallest absolute Gasteiger partial charge is 0.258 e. The Balaban J connectivity index is 1.41. The molecule has 2 aromatic heterocycles. The predicted octanol–water partition coefficient (Wildman–Crippen LogP) is 5.74. The minimum Gasteiger partial charge on any atom is -0.489 e. The number of benzene rings is 2. The van der Waals surface area contributed by atoms with Gasteiger partial charge in [0.15, 0.2) is 0 Å². The molecule has 0 bridgehead atoms. The average Bonchev–Trinajstić information content (AvgIpc) is 2.83. The van der Waals surface area contributed by atoms with E-state index in [1.807, 2.05) is 24.3 Å². The lowest BCUT2D eigenvalue weighted by Crippen LogP contribution is -2.13. The maximum atomic E-state index is 13.1. The van der Waals surface area contributed by atoms with Crippen LogP contribution in [0, 0.1) is 5.82 Å². The molecular weight excluding hydrogens is 425 g/mol. The van der Waals surface area contributed by atoms with Crippen LogP contribution in [0.25, 0.3) is 0 Å². The van der Waals surface area contributed by atoms with E-state index >= 15 is 0 Å². The second-order valence-corrected chi connectivity index (χ2v) is 7.87. The minimum atomic E-state index is -0.275. The maximum absolute atomic E-state index is 13.1. The van der Waals surface area contributed by atoms with Gasteiger partial charge in [0.25, 0.3) is 5.91 Å². The first-order chi connectivity index (χ1) is 15.7. The number of aromatic nitrogens is 2. The van der Waals surface area contributed by atoms with Crippen molar-refractivity contribution in [1.82, 2.24) is 9.97 Å². The fourth-order valence-corrected chi connectivity index (χ4v) is 3.87. The fraction of sp³-hybridized carbons (Fsp3) is 0.0800. The third-order valence-electron chi connectivity index (χ3n) is 4.52. The van der Waals surface area contributed by atoms with Crippen LogP contribution >= 0.6 is 11.8 Å². The van der Waals surface area contributed by atoms with Crippen molar-refractivity contribution in [3.8, 4) is 5.75 Å². The molecular formula is C25H20FN3O2S. The van der Waals surface area contributed by atoms with Gasteiger partial charge in [0.05, 0.1) is 5.56 Å². The molecule has 1 amide bonds. The van der Waals surface area contributed by atoms with Crippen molar-refractivity contribution in [2.45, 2.75) is 17.4 Å². The highest BCUT2D eigenvalue weighted by molar-refractivity contribution is 7.98. The van der Waals surface area contributed by atoms with Crippen LogP contribution in [0.15, 0.2) is 96.4 Å². The van der Waals surface area contributed by atoms with Gasteiger partial charge in [0.2, 0.25) is 0 Å². The summed E-state index contributed by atoms with van der Waals surface area (Å²) >= 11 is 1.43. The quantitative estimate of drug-likeness (QED) is 0.351. The number of rotatable bonds is 8. The van der Waals surface area contributed by atoms with Crippen molar-refractivity contribution in [2.24, 2.45) is 0 Å². The predicted molar refractivity (Wildman–Crippen MR) is 123 cm³/mol. The molecule has 5 nitrogen and oxygen atoms in total. The van der Waals surface area contributed by atoms with Crippen LogP contribution in [0.5, 0.6) is 5.75 Å². The third-order valence-corrected chi connectivity index (χ3v) is 5.60. The van der Waals surface area contributed by atoms with Gasteiger partial charge in [-0.2, -0.15) is 0 Å². The van der Waals surface area contributed by atoms with Gasteiger partial charge in [-0.15, -0.1) is 11.8 Å². The van der Waals surface area contributed by atoms with E-state index in [1.54, 1.807) is 55.0 Å². The zero-order chi connectivity index (χ0) is 22.2. The molecule has 0 aliphatic carbocycles. The molecule has 7 heteroatoms. The van der Waals surface area contributed by atoms with E-state index in [2.05, 4.69) is 15.3 Å².